The van der Waals surface area contributed by atoms with Gasteiger partial charge in [0.1, 0.15) is 11.5 Å². The molecule has 1 N–H and O–H groups in total. The second-order valence-corrected chi connectivity index (χ2v) is 5.87. The number of hydrogen-bond donors (Lipinski definition) is 1. The lowest BCUT2D eigenvalue weighted by molar-refractivity contribution is 0.455. The Morgan fingerprint density at radius 3 is 2.59 bits per heavy atom. The van der Waals surface area contributed by atoms with Crippen LogP contribution in [0.1, 0.15) is 56.5 Å². The van der Waals surface area contributed by atoms with E-state index in [9.17, 15) is 0 Å². The summed E-state index contributed by atoms with van der Waals surface area (Å²) < 4.78 is 6.01. The summed E-state index contributed by atoms with van der Waals surface area (Å²) in [6.45, 7) is 6.83. The lowest BCUT2D eigenvalue weighted by atomic mass is 10.2. The van der Waals surface area contributed by atoms with Gasteiger partial charge < -0.3 is 9.73 Å². The van der Waals surface area contributed by atoms with Gasteiger partial charge in [-0.2, -0.15) is 0 Å². The van der Waals surface area contributed by atoms with Crippen molar-refractivity contribution in [1.82, 2.24) is 5.32 Å². The summed E-state index contributed by atoms with van der Waals surface area (Å²) in [7, 11) is 0. The third kappa shape index (κ3) is 2.42. The molecule has 17 heavy (non-hydrogen) atoms. The molecule has 4 unspecified atom stereocenters. The van der Waals surface area contributed by atoms with Gasteiger partial charge in [0.2, 0.25) is 0 Å². The number of furan rings is 1. The highest BCUT2D eigenvalue weighted by molar-refractivity contribution is 5.23. The van der Waals surface area contributed by atoms with Crippen molar-refractivity contribution in [2.75, 3.05) is 13.1 Å². The maximum absolute atomic E-state index is 6.01. The van der Waals surface area contributed by atoms with Crippen LogP contribution in [0.25, 0.3) is 0 Å². The van der Waals surface area contributed by atoms with E-state index < -0.39 is 0 Å². The average molecular weight is 233 g/mol. The van der Waals surface area contributed by atoms with Crippen LogP contribution in [0.2, 0.25) is 0 Å². The van der Waals surface area contributed by atoms with Crippen molar-refractivity contribution in [2.45, 2.75) is 44.9 Å². The molecule has 1 heterocycles. The molecule has 2 aliphatic carbocycles. The Morgan fingerprint density at radius 1 is 1.24 bits per heavy atom. The lowest BCUT2D eigenvalue weighted by Crippen LogP contribution is -2.17. The Bertz CT molecular complexity index is 384. The fourth-order valence-corrected chi connectivity index (χ4v) is 2.77. The summed E-state index contributed by atoms with van der Waals surface area (Å²) >= 11 is 0. The van der Waals surface area contributed by atoms with Crippen molar-refractivity contribution in [3.8, 4) is 0 Å². The molecule has 0 saturated heterocycles. The van der Waals surface area contributed by atoms with E-state index in [4.69, 9.17) is 4.42 Å². The van der Waals surface area contributed by atoms with Crippen molar-refractivity contribution in [3.05, 3.63) is 23.7 Å². The molecule has 0 aromatic carbocycles. The molecule has 1 aromatic rings. The number of rotatable bonds is 6. The molecule has 2 fully saturated rings. The van der Waals surface area contributed by atoms with Crippen LogP contribution in [-0.2, 0) is 0 Å². The summed E-state index contributed by atoms with van der Waals surface area (Å²) in [6.07, 6.45) is 3.85. The van der Waals surface area contributed by atoms with Gasteiger partial charge in [0, 0.05) is 11.8 Å². The maximum Gasteiger partial charge on any atom is 0.107 e. The Hall–Kier alpha value is -0.760. The van der Waals surface area contributed by atoms with Crippen molar-refractivity contribution < 1.29 is 4.42 Å². The van der Waals surface area contributed by atoms with Crippen LogP contribution in [0.5, 0.6) is 0 Å². The van der Waals surface area contributed by atoms with Gasteiger partial charge >= 0.3 is 0 Å². The smallest absolute Gasteiger partial charge is 0.107 e. The third-order valence-corrected chi connectivity index (χ3v) is 4.24. The summed E-state index contributed by atoms with van der Waals surface area (Å²) in [4.78, 5) is 0. The van der Waals surface area contributed by atoms with Crippen LogP contribution in [0.4, 0.5) is 0 Å². The van der Waals surface area contributed by atoms with E-state index in [1.165, 1.54) is 30.8 Å². The first-order valence-electron chi connectivity index (χ1n) is 7.10. The van der Waals surface area contributed by atoms with Gasteiger partial charge in [-0.1, -0.05) is 13.8 Å². The predicted molar refractivity (Wildman–Crippen MR) is 69.2 cm³/mol. The average Bonchev–Trinajstić information content (AvgIpc) is 3.20. The van der Waals surface area contributed by atoms with Crippen LogP contribution < -0.4 is 5.32 Å². The zero-order chi connectivity index (χ0) is 11.8. The summed E-state index contributed by atoms with van der Waals surface area (Å²) in [5.41, 5.74) is 0. The highest BCUT2D eigenvalue weighted by Crippen LogP contribution is 2.51. The molecule has 2 nitrogen and oxygen atoms in total. The van der Waals surface area contributed by atoms with E-state index in [2.05, 4.69) is 31.3 Å². The largest absolute Gasteiger partial charge is 0.465 e. The van der Waals surface area contributed by atoms with Crippen LogP contribution >= 0.6 is 0 Å². The van der Waals surface area contributed by atoms with E-state index in [0.717, 1.165) is 30.8 Å². The zero-order valence-electron chi connectivity index (χ0n) is 10.9. The molecule has 2 aliphatic rings. The van der Waals surface area contributed by atoms with Gasteiger partial charge in [-0.15, -0.1) is 0 Å². The van der Waals surface area contributed by atoms with Crippen molar-refractivity contribution in [2.24, 2.45) is 11.8 Å². The van der Waals surface area contributed by atoms with Crippen LogP contribution in [0.15, 0.2) is 16.5 Å². The molecule has 2 saturated carbocycles. The quantitative estimate of drug-likeness (QED) is 0.761. The minimum atomic E-state index is 0.696. The van der Waals surface area contributed by atoms with E-state index in [-0.39, 0.29) is 0 Å². The molecule has 0 bridgehead atoms. The van der Waals surface area contributed by atoms with Crippen molar-refractivity contribution in [3.63, 3.8) is 0 Å². The fourth-order valence-electron chi connectivity index (χ4n) is 2.77. The maximum atomic E-state index is 6.01. The summed E-state index contributed by atoms with van der Waals surface area (Å²) in [5.74, 6) is 5.55. The number of hydrogen-bond acceptors (Lipinski definition) is 2. The molecule has 94 valence electrons. The SMILES string of the molecule is CCCNCC1CC1c1ccc(C2CC2C)o1. The molecular formula is C15H23NO. The van der Waals surface area contributed by atoms with Gasteiger partial charge in [0.25, 0.3) is 0 Å². The van der Waals surface area contributed by atoms with Gasteiger partial charge in [0.15, 0.2) is 0 Å². The summed E-state index contributed by atoms with van der Waals surface area (Å²) in [6, 6.07) is 4.42. The third-order valence-electron chi connectivity index (χ3n) is 4.24. The van der Waals surface area contributed by atoms with E-state index in [1.54, 1.807) is 0 Å². The van der Waals surface area contributed by atoms with Crippen LogP contribution in [-0.4, -0.2) is 13.1 Å². The lowest BCUT2D eigenvalue weighted by Gasteiger charge is -2.00. The molecule has 0 spiro atoms. The minimum absolute atomic E-state index is 0.696. The van der Waals surface area contributed by atoms with Crippen LogP contribution in [0.3, 0.4) is 0 Å². The Balaban J connectivity index is 1.51. The predicted octanol–water partition coefficient (Wildman–Crippen LogP) is 3.51. The fraction of sp³-hybridized carbons (Fsp3) is 0.733. The Labute approximate surface area is 104 Å². The van der Waals surface area contributed by atoms with Crippen LogP contribution in [0, 0.1) is 11.8 Å². The Kier molecular flexibility index (Phi) is 2.99. The second-order valence-electron chi connectivity index (χ2n) is 5.87. The molecule has 2 heteroatoms. The summed E-state index contributed by atoms with van der Waals surface area (Å²) in [5, 5.41) is 3.50. The second kappa shape index (κ2) is 4.49. The first kappa shape index (κ1) is 11.3. The molecule has 4 atom stereocenters. The molecule has 0 aliphatic heterocycles. The number of nitrogens with one attached hydrogen (secondary N) is 1. The van der Waals surface area contributed by atoms with E-state index in [0.29, 0.717) is 5.92 Å². The van der Waals surface area contributed by atoms with Crippen molar-refractivity contribution in [1.29, 1.82) is 0 Å². The molecule has 3 rings (SSSR count). The molecule has 0 amide bonds. The first-order valence-corrected chi connectivity index (χ1v) is 7.10. The van der Waals surface area contributed by atoms with Gasteiger partial charge in [-0.05, 0) is 56.3 Å². The minimum Gasteiger partial charge on any atom is -0.465 e. The molecular weight excluding hydrogens is 210 g/mol. The monoisotopic (exact) mass is 233 g/mol. The standard InChI is InChI=1S/C15H23NO/c1-3-6-16-9-11-8-13(11)15-5-4-14(17-15)12-7-10(12)2/h4-5,10-13,16H,3,6-9H2,1-2H3. The molecule has 1 aromatic heterocycles. The first-order chi connectivity index (χ1) is 8.29. The van der Waals surface area contributed by atoms with Gasteiger partial charge in [0.05, 0.1) is 0 Å². The Morgan fingerprint density at radius 2 is 1.94 bits per heavy atom. The van der Waals surface area contributed by atoms with E-state index in [1.807, 2.05) is 0 Å². The molecule has 0 radical (unpaired) electrons. The highest BCUT2D eigenvalue weighted by Gasteiger charge is 2.42. The normalized spacial score (nSPS) is 34.9. The van der Waals surface area contributed by atoms with Gasteiger partial charge in [-0.25, -0.2) is 0 Å². The topological polar surface area (TPSA) is 25.2 Å². The van der Waals surface area contributed by atoms with Crippen molar-refractivity contribution >= 4 is 0 Å². The van der Waals surface area contributed by atoms with Gasteiger partial charge in [-0.3, -0.25) is 0 Å². The highest BCUT2D eigenvalue weighted by atomic mass is 16.3. The van der Waals surface area contributed by atoms with E-state index >= 15 is 0 Å². The zero-order valence-corrected chi connectivity index (χ0v) is 10.9.